The lowest BCUT2D eigenvalue weighted by Crippen LogP contribution is -2.56. The summed E-state index contributed by atoms with van der Waals surface area (Å²) in [6.07, 6.45) is 2.96. The lowest BCUT2D eigenvalue weighted by Gasteiger charge is -2.36. The highest BCUT2D eigenvalue weighted by atomic mass is 16.6. The molecule has 4 rings (SSSR count). The van der Waals surface area contributed by atoms with Gasteiger partial charge in [0.05, 0.1) is 18.4 Å². The first-order chi connectivity index (χ1) is 20.3. The Morgan fingerprint density at radius 1 is 1.02 bits per heavy atom. The summed E-state index contributed by atoms with van der Waals surface area (Å²) < 4.78 is 10.8. The molecule has 2 fully saturated rings. The van der Waals surface area contributed by atoms with Gasteiger partial charge in [-0.2, -0.15) is 0 Å². The van der Waals surface area contributed by atoms with Gasteiger partial charge in [0.15, 0.2) is 5.82 Å². The second-order valence-electron chi connectivity index (χ2n) is 10.5. The average Bonchev–Trinajstić information content (AvgIpc) is 3.02. The van der Waals surface area contributed by atoms with E-state index in [2.05, 4.69) is 10.3 Å². The largest absolute Gasteiger partial charge is 0.481 e. The SMILES string of the molecule is CCOC(=O)N1CCN(C(=O)C(CCC(=O)O)NC(=O)c2cc(C3CCCCC3OC)nc(-c3ccccc3)n2)CC1. The van der Waals surface area contributed by atoms with Gasteiger partial charge in [-0.1, -0.05) is 43.2 Å². The number of nitrogens with one attached hydrogen (secondary N) is 1. The van der Waals surface area contributed by atoms with Gasteiger partial charge in [-0.15, -0.1) is 0 Å². The summed E-state index contributed by atoms with van der Waals surface area (Å²) in [5.41, 5.74) is 1.54. The summed E-state index contributed by atoms with van der Waals surface area (Å²) in [7, 11) is 1.68. The molecule has 3 unspecified atom stereocenters. The number of carboxylic acid groups (broad SMARTS) is 1. The molecule has 1 aromatic carbocycles. The Bertz CT molecular complexity index is 1250. The van der Waals surface area contributed by atoms with Crippen LogP contribution in [0.25, 0.3) is 11.4 Å². The van der Waals surface area contributed by atoms with Gasteiger partial charge >= 0.3 is 12.1 Å². The Hall–Kier alpha value is -4.06. The minimum absolute atomic E-state index is 0.0131. The zero-order chi connectivity index (χ0) is 30.1. The molecule has 0 radical (unpaired) electrons. The maximum atomic E-state index is 13.6. The molecule has 1 saturated heterocycles. The van der Waals surface area contributed by atoms with Gasteiger partial charge in [0.1, 0.15) is 11.7 Å². The molecule has 42 heavy (non-hydrogen) atoms. The molecule has 3 atom stereocenters. The highest BCUT2D eigenvalue weighted by Gasteiger charge is 2.33. The third-order valence-electron chi connectivity index (χ3n) is 7.76. The predicted molar refractivity (Wildman–Crippen MR) is 153 cm³/mol. The van der Waals surface area contributed by atoms with Gasteiger partial charge in [-0.3, -0.25) is 14.4 Å². The van der Waals surface area contributed by atoms with Crippen molar-refractivity contribution >= 4 is 23.9 Å². The molecule has 226 valence electrons. The second kappa shape index (κ2) is 14.7. The summed E-state index contributed by atoms with van der Waals surface area (Å²) in [5, 5.41) is 12.1. The Kier molecular flexibility index (Phi) is 10.8. The van der Waals surface area contributed by atoms with Gasteiger partial charge in [0.2, 0.25) is 5.91 Å². The third kappa shape index (κ3) is 7.81. The Labute approximate surface area is 245 Å². The number of carboxylic acids is 1. The minimum Gasteiger partial charge on any atom is -0.481 e. The monoisotopic (exact) mass is 581 g/mol. The number of piperazine rings is 1. The first kappa shape index (κ1) is 30.9. The summed E-state index contributed by atoms with van der Waals surface area (Å²) in [6.45, 7) is 3.02. The Morgan fingerprint density at radius 3 is 2.38 bits per heavy atom. The number of carbonyl (C=O) groups is 4. The van der Waals surface area contributed by atoms with Crippen LogP contribution in [0.5, 0.6) is 0 Å². The molecule has 3 amide bonds. The van der Waals surface area contributed by atoms with E-state index in [0.717, 1.165) is 31.2 Å². The van der Waals surface area contributed by atoms with E-state index in [1.807, 2.05) is 30.3 Å². The van der Waals surface area contributed by atoms with Crippen LogP contribution in [0.15, 0.2) is 36.4 Å². The van der Waals surface area contributed by atoms with E-state index in [1.54, 1.807) is 20.1 Å². The number of carbonyl (C=O) groups excluding carboxylic acids is 3. The molecule has 2 heterocycles. The summed E-state index contributed by atoms with van der Waals surface area (Å²) in [4.78, 5) is 63.0. The number of hydrogen-bond acceptors (Lipinski definition) is 8. The molecule has 0 bridgehead atoms. The quantitative estimate of drug-likeness (QED) is 0.431. The molecule has 12 heteroatoms. The number of hydrogen-bond donors (Lipinski definition) is 2. The van der Waals surface area contributed by atoms with Crippen molar-refractivity contribution < 1.29 is 33.8 Å². The molecule has 12 nitrogen and oxygen atoms in total. The van der Waals surface area contributed by atoms with Crippen molar-refractivity contribution in [3.8, 4) is 11.4 Å². The molecular weight excluding hydrogens is 542 g/mol. The summed E-state index contributed by atoms with van der Waals surface area (Å²) in [5.74, 6) is -1.69. The van der Waals surface area contributed by atoms with Crippen molar-refractivity contribution in [2.75, 3.05) is 39.9 Å². The van der Waals surface area contributed by atoms with Crippen LogP contribution in [0.2, 0.25) is 0 Å². The number of amides is 3. The van der Waals surface area contributed by atoms with E-state index in [0.29, 0.717) is 11.5 Å². The molecular formula is C30H39N5O7. The first-order valence-electron chi connectivity index (χ1n) is 14.5. The van der Waals surface area contributed by atoms with E-state index in [-0.39, 0.29) is 63.3 Å². The number of nitrogens with zero attached hydrogens (tertiary/aromatic N) is 4. The number of rotatable bonds is 10. The first-order valence-corrected chi connectivity index (χ1v) is 14.5. The number of benzene rings is 1. The van der Waals surface area contributed by atoms with E-state index < -0.39 is 29.9 Å². The molecule has 2 aliphatic rings. The molecule has 1 aliphatic carbocycles. The second-order valence-corrected chi connectivity index (χ2v) is 10.5. The van der Waals surface area contributed by atoms with Crippen LogP contribution in [0.4, 0.5) is 4.79 Å². The average molecular weight is 582 g/mol. The Morgan fingerprint density at radius 2 is 1.71 bits per heavy atom. The van der Waals surface area contributed by atoms with Crippen LogP contribution in [0.3, 0.4) is 0 Å². The third-order valence-corrected chi connectivity index (χ3v) is 7.76. The number of aromatic nitrogens is 2. The van der Waals surface area contributed by atoms with Crippen molar-refractivity contribution in [3.05, 3.63) is 47.8 Å². The topological polar surface area (TPSA) is 151 Å². The lowest BCUT2D eigenvalue weighted by atomic mass is 9.83. The standard InChI is InChI=1S/C30H39N5O7/c1-3-42-30(40)35-17-15-34(16-18-35)29(39)22(13-14-26(36)37)33-28(38)24-19-23(21-11-7-8-12-25(21)41-2)31-27(32-24)20-9-5-4-6-10-20/h4-6,9-10,19,21-22,25H,3,7-8,11-18H2,1-2H3,(H,33,38)(H,36,37). The maximum Gasteiger partial charge on any atom is 0.409 e. The van der Waals surface area contributed by atoms with Crippen molar-refractivity contribution in [2.24, 2.45) is 0 Å². The molecule has 1 aromatic heterocycles. The van der Waals surface area contributed by atoms with Crippen LogP contribution in [-0.2, 0) is 19.1 Å². The van der Waals surface area contributed by atoms with Gasteiger partial charge < -0.3 is 29.7 Å². The van der Waals surface area contributed by atoms with Crippen LogP contribution in [0.1, 0.15) is 67.5 Å². The number of methoxy groups -OCH3 is 1. The fourth-order valence-electron chi connectivity index (χ4n) is 5.51. The van der Waals surface area contributed by atoms with Gasteiger partial charge in [0, 0.05) is 51.2 Å². The van der Waals surface area contributed by atoms with Gasteiger partial charge in [0.25, 0.3) is 5.91 Å². The van der Waals surface area contributed by atoms with Crippen molar-refractivity contribution in [3.63, 3.8) is 0 Å². The normalized spacial score (nSPS) is 19.6. The maximum absolute atomic E-state index is 13.6. The van der Waals surface area contributed by atoms with E-state index in [9.17, 15) is 24.3 Å². The molecule has 0 spiro atoms. The van der Waals surface area contributed by atoms with Gasteiger partial charge in [-0.25, -0.2) is 14.8 Å². The molecule has 2 aromatic rings. The fraction of sp³-hybridized carbons (Fsp3) is 0.533. The van der Waals surface area contributed by atoms with Crippen LogP contribution in [0, 0.1) is 0 Å². The summed E-state index contributed by atoms with van der Waals surface area (Å²) in [6, 6.07) is 9.92. The van der Waals surface area contributed by atoms with Crippen molar-refractivity contribution in [2.45, 2.75) is 63.5 Å². The van der Waals surface area contributed by atoms with Crippen molar-refractivity contribution in [1.82, 2.24) is 25.1 Å². The minimum atomic E-state index is -1.08. The Balaban J connectivity index is 1.57. The van der Waals surface area contributed by atoms with Crippen LogP contribution < -0.4 is 5.32 Å². The fourth-order valence-corrected chi connectivity index (χ4v) is 5.51. The van der Waals surface area contributed by atoms with Crippen LogP contribution >= 0.6 is 0 Å². The molecule has 1 saturated carbocycles. The van der Waals surface area contributed by atoms with E-state index >= 15 is 0 Å². The van der Waals surface area contributed by atoms with Crippen molar-refractivity contribution in [1.29, 1.82) is 0 Å². The van der Waals surface area contributed by atoms with Crippen LogP contribution in [-0.4, -0.2) is 101 Å². The summed E-state index contributed by atoms with van der Waals surface area (Å²) >= 11 is 0. The lowest BCUT2D eigenvalue weighted by molar-refractivity contribution is -0.138. The van der Waals surface area contributed by atoms with E-state index in [1.165, 1.54) is 9.80 Å². The zero-order valence-electron chi connectivity index (χ0n) is 24.2. The molecule has 1 aliphatic heterocycles. The number of ether oxygens (including phenoxy) is 2. The predicted octanol–water partition coefficient (Wildman–Crippen LogP) is 3.08. The smallest absolute Gasteiger partial charge is 0.409 e. The zero-order valence-corrected chi connectivity index (χ0v) is 24.2. The highest BCUT2D eigenvalue weighted by Crippen LogP contribution is 2.35. The van der Waals surface area contributed by atoms with E-state index in [4.69, 9.17) is 14.5 Å². The number of aliphatic carboxylic acids is 1. The van der Waals surface area contributed by atoms with Gasteiger partial charge in [-0.05, 0) is 32.3 Å². The highest BCUT2D eigenvalue weighted by molar-refractivity contribution is 5.96. The molecule has 2 N–H and O–H groups in total.